The molecule has 0 unspecified atom stereocenters. The fourth-order valence-electron chi connectivity index (χ4n) is 3.28. The molecule has 0 aliphatic carbocycles. The zero-order chi connectivity index (χ0) is 17.8. The van der Waals surface area contributed by atoms with Crippen LogP contribution in [-0.2, 0) is 11.3 Å². The van der Waals surface area contributed by atoms with E-state index in [0.717, 1.165) is 24.4 Å². The van der Waals surface area contributed by atoms with Gasteiger partial charge >= 0.3 is 5.97 Å². The van der Waals surface area contributed by atoms with Gasteiger partial charge < -0.3 is 9.47 Å². The van der Waals surface area contributed by atoms with Gasteiger partial charge in [-0.15, -0.1) is 0 Å². The van der Waals surface area contributed by atoms with Crippen LogP contribution in [0.2, 0.25) is 0 Å². The van der Waals surface area contributed by atoms with Gasteiger partial charge in [0.15, 0.2) is 0 Å². The summed E-state index contributed by atoms with van der Waals surface area (Å²) >= 11 is 0. The van der Waals surface area contributed by atoms with Crippen molar-refractivity contribution in [1.82, 2.24) is 4.90 Å². The van der Waals surface area contributed by atoms with Gasteiger partial charge in [0.25, 0.3) is 0 Å². The first-order chi connectivity index (χ1) is 12.1. The van der Waals surface area contributed by atoms with Gasteiger partial charge in [-0.2, -0.15) is 0 Å². The molecular weight excluding hydrogens is 314 g/mol. The van der Waals surface area contributed by atoms with Crippen molar-refractivity contribution in [3.05, 3.63) is 65.2 Å². The van der Waals surface area contributed by atoms with E-state index >= 15 is 0 Å². The third-order valence-electron chi connectivity index (χ3n) is 4.57. The first-order valence-corrected chi connectivity index (χ1v) is 8.84. The summed E-state index contributed by atoms with van der Waals surface area (Å²) in [6.07, 6.45) is 0.0462. The second-order valence-electron chi connectivity index (χ2n) is 6.49. The first-order valence-electron chi connectivity index (χ1n) is 8.84. The molecule has 0 bridgehead atoms. The van der Waals surface area contributed by atoms with E-state index in [9.17, 15) is 4.79 Å². The summed E-state index contributed by atoms with van der Waals surface area (Å²) in [5, 5.41) is 0. The lowest BCUT2D eigenvalue weighted by Gasteiger charge is -2.28. The molecule has 0 fully saturated rings. The summed E-state index contributed by atoms with van der Waals surface area (Å²) in [6.45, 7) is 8.14. The van der Waals surface area contributed by atoms with Gasteiger partial charge in [-0.05, 0) is 38.5 Å². The Morgan fingerprint density at radius 3 is 2.68 bits per heavy atom. The highest BCUT2D eigenvalue weighted by Crippen LogP contribution is 2.35. The highest BCUT2D eigenvalue weighted by Gasteiger charge is 2.27. The van der Waals surface area contributed by atoms with E-state index < -0.39 is 0 Å². The Morgan fingerprint density at radius 1 is 1.20 bits per heavy atom. The third-order valence-corrected chi connectivity index (χ3v) is 4.57. The van der Waals surface area contributed by atoms with Crippen LogP contribution in [0, 0.1) is 0 Å². The summed E-state index contributed by atoms with van der Waals surface area (Å²) in [7, 11) is 0. The van der Waals surface area contributed by atoms with Crippen molar-refractivity contribution in [2.75, 3.05) is 13.2 Å². The van der Waals surface area contributed by atoms with Gasteiger partial charge in [0, 0.05) is 24.7 Å². The van der Waals surface area contributed by atoms with Crippen LogP contribution in [0.25, 0.3) is 0 Å². The van der Waals surface area contributed by atoms with Crippen LogP contribution in [0.1, 0.15) is 48.3 Å². The second kappa shape index (κ2) is 7.70. The Kier molecular flexibility index (Phi) is 5.39. The van der Waals surface area contributed by atoms with Crippen LogP contribution in [0.3, 0.4) is 0 Å². The van der Waals surface area contributed by atoms with E-state index in [-0.39, 0.29) is 18.1 Å². The molecule has 2 aromatic carbocycles. The van der Waals surface area contributed by atoms with Crippen LogP contribution in [0.15, 0.2) is 48.5 Å². The molecule has 0 saturated carbocycles. The topological polar surface area (TPSA) is 38.8 Å². The molecular formula is C21H25NO3. The zero-order valence-electron chi connectivity index (χ0n) is 15.1. The average Bonchev–Trinajstić information content (AvgIpc) is 2.72. The Morgan fingerprint density at radius 2 is 1.96 bits per heavy atom. The third kappa shape index (κ3) is 4.02. The Labute approximate surface area is 149 Å². The maximum Gasteiger partial charge on any atom is 0.338 e. The number of hydrogen-bond donors (Lipinski definition) is 0. The van der Waals surface area contributed by atoms with Gasteiger partial charge in [-0.25, -0.2) is 4.79 Å². The van der Waals surface area contributed by atoms with Crippen LogP contribution in [0.5, 0.6) is 5.75 Å². The first kappa shape index (κ1) is 17.5. The monoisotopic (exact) mass is 339 g/mol. The summed E-state index contributed by atoms with van der Waals surface area (Å²) in [5.41, 5.74) is 2.93. The van der Waals surface area contributed by atoms with Crippen molar-refractivity contribution < 1.29 is 14.3 Å². The van der Waals surface area contributed by atoms with E-state index in [1.165, 1.54) is 5.56 Å². The highest BCUT2D eigenvalue weighted by atomic mass is 16.5. The Bertz CT molecular complexity index is 729. The molecule has 4 heteroatoms. The summed E-state index contributed by atoms with van der Waals surface area (Å²) in [4.78, 5) is 14.4. The molecule has 0 amide bonds. The number of esters is 1. The maximum absolute atomic E-state index is 12.0. The molecule has 1 aliphatic heterocycles. The quantitative estimate of drug-likeness (QED) is 0.782. The highest BCUT2D eigenvalue weighted by molar-refractivity contribution is 5.90. The predicted molar refractivity (Wildman–Crippen MR) is 97.8 cm³/mol. The largest absolute Gasteiger partial charge is 0.489 e. The number of rotatable bonds is 4. The molecule has 0 N–H and O–H groups in total. The number of carbonyl (C=O) groups is 1. The molecule has 25 heavy (non-hydrogen) atoms. The lowest BCUT2D eigenvalue weighted by molar-refractivity contribution is 0.0525. The van der Waals surface area contributed by atoms with E-state index in [0.29, 0.717) is 12.2 Å². The molecule has 0 saturated heterocycles. The van der Waals surface area contributed by atoms with Gasteiger partial charge in [-0.3, -0.25) is 4.90 Å². The lowest BCUT2D eigenvalue weighted by atomic mass is 10.0. The minimum Gasteiger partial charge on any atom is -0.489 e. The van der Waals surface area contributed by atoms with Crippen LogP contribution in [0.4, 0.5) is 0 Å². The lowest BCUT2D eigenvalue weighted by Crippen LogP contribution is -2.32. The molecule has 2 atom stereocenters. The van der Waals surface area contributed by atoms with E-state index in [4.69, 9.17) is 9.47 Å². The number of carbonyl (C=O) groups excluding carboxylic acids is 1. The summed E-state index contributed by atoms with van der Waals surface area (Å²) < 4.78 is 11.2. The molecule has 132 valence electrons. The average molecular weight is 339 g/mol. The van der Waals surface area contributed by atoms with Crippen molar-refractivity contribution in [1.29, 1.82) is 0 Å². The van der Waals surface area contributed by atoms with Gasteiger partial charge in [0.2, 0.25) is 0 Å². The van der Waals surface area contributed by atoms with E-state index in [2.05, 4.69) is 43.0 Å². The molecule has 0 spiro atoms. The van der Waals surface area contributed by atoms with Crippen LogP contribution >= 0.6 is 0 Å². The van der Waals surface area contributed by atoms with Crippen molar-refractivity contribution >= 4 is 5.97 Å². The predicted octanol–water partition coefficient (Wildman–Crippen LogP) is 4.21. The Hall–Kier alpha value is -2.33. The Balaban J connectivity index is 1.87. The second-order valence-corrected chi connectivity index (χ2v) is 6.49. The molecule has 2 aromatic rings. The van der Waals surface area contributed by atoms with Crippen molar-refractivity contribution in [2.24, 2.45) is 0 Å². The number of nitrogens with zero attached hydrogens (tertiary/aromatic N) is 1. The molecule has 0 radical (unpaired) electrons. The van der Waals surface area contributed by atoms with E-state index in [1.807, 2.05) is 31.2 Å². The summed E-state index contributed by atoms with van der Waals surface area (Å²) in [6, 6.07) is 16.3. The van der Waals surface area contributed by atoms with Crippen molar-refractivity contribution in [3.63, 3.8) is 0 Å². The molecule has 1 aliphatic rings. The minimum atomic E-state index is -0.306. The molecule has 0 aromatic heterocycles. The van der Waals surface area contributed by atoms with Crippen molar-refractivity contribution in [3.8, 4) is 5.75 Å². The van der Waals surface area contributed by atoms with Crippen molar-refractivity contribution in [2.45, 2.75) is 39.5 Å². The SMILES string of the molecule is CCOC(=O)c1ccc2c(c1)O[C@@H](C)CN(Cc1ccccc1)[C@H]2C. The number of benzene rings is 2. The van der Waals surface area contributed by atoms with Gasteiger partial charge in [-0.1, -0.05) is 36.4 Å². The minimum absolute atomic E-state index is 0.0462. The number of hydrogen-bond acceptors (Lipinski definition) is 4. The smallest absolute Gasteiger partial charge is 0.338 e. The fourth-order valence-corrected chi connectivity index (χ4v) is 3.28. The molecule has 4 nitrogen and oxygen atoms in total. The van der Waals surface area contributed by atoms with Crippen LogP contribution < -0.4 is 4.74 Å². The van der Waals surface area contributed by atoms with Crippen LogP contribution in [-0.4, -0.2) is 30.1 Å². The summed E-state index contributed by atoms with van der Waals surface area (Å²) in [5.74, 6) is 0.473. The molecule has 1 heterocycles. The van der Waals surface area contributed by atoms with E-state index in [1.54, 1.807) is 0 Å². The number of fused-ring (bicyclic) bond motifs is 1. The van der Waals surface area contributed by atoms with Gasteiger partial charge in [0.1, 0.15) is 11.9 Å². The number of ether oxygens (including phenoxy) is 2. The zero-order valence-corrected chi connectivity index (χ0v) is 15.1. The standard InChI is InChI=1S/C21H25NO3/c1-4-24-21(23)18-10-11-19-16(3)22(13-15(2)25-20(19)12-18)14-17-8-6-5-7-9-17/h5-12,15-16H,4,13-14H2,1-3H3/t15-,16-/m0/s1. The normalized spacial score (nSPS) is 20.3. The fraction of sp³-hybridized carbons (Fsp3) is 0.381. The molecule has 3 rings (SSSR count). The maximum atomic E-state index is 12.0. The van der Waals surface area contributed by atoms with Gasteiger partial charge in [0.05, 0.1) is 12.2 Å².